The molecule has 0 saturated carbocycles. The molecule has 0 bridgehead atoms. The van der Waals surface area contributed by atoms with E-state index in [-0.39, 0.29) is 12.1 Å². The summed E-state index contributed by atoms with van der Waals surface area (Å²) in [5, 5.41) is 3.01. The molecule has 2 fully saturated rings. The molecule has 2 aliphatic rings. The van der Waals surface area contributed by atoms with Crippen molar-refractivity contribution in [2.75, 3.05) is 51.8 Å². The summed E-state index contributed by atoms with van der Waals surface area (Å²) in [5.41, 5.74) is 0.723. The van der Waals surface area contributed by atoms with Gasteiger partial charge in [-0.3, -0.25) is 0 Å². The van der Waals surface area contributed by atoms with E-state index in [4.69, 9.17) is 9.47 Å². The van der Waals surface area contributed by atoms with Gasteiger partial charge in [0.2, 0.25) is 0 Å². The minimum absolute atomic E-state index is 0.0553. The molecule has 0 spiro atoms. The van der Waals surface area contributed by atoms with Crippen molar-refractivity contribution in [3.8, 4) is 5.75 Å². The molecular weight excluding hydrogens is 318 g/mol. The van der Waals surface area contributed by atoms with E-state index in [0.29, 0.717) is 12.4 Å². The van der Waals surface area contributed by atoms with Gasteiger partial charge in [0.25, 0.3) is 0 Å². The molecule has 25 heavy (non-hydrogen) atoms. The molecule has 1 aromatic rings. The highest BCUT2D eigenvalue weighted by atomic mass is 16.5. The lowest BCUT2D eigenvalue weighted by atomic mass is 10.1. The third-order valence-corrected chi connectivity index (χ3v) is 4.83. The molecule has 0 aliphatic carbocycles. The van der Waals surface area contributed by atoms with Crippen LogP contribution in [0.25, 0.3) is 0 Å². The number of para-hydroxylation sites is 2. The summed E-state index contributed by atoms with van der Waals surface area (Å²) in [5.74, 6) is 0.706. The summed E-state index contributed by atoms with van der Waals surface area (Å²) in [6, 6.07) is 7.57. The average Bonchev–Trinajstić information content (AvgIpc) is 2.86. The molecule has 2 heterocycles. The second-order valence-corrected chi connectivity index (χ2v) is 6.87. The van der Waals surface area contributed by atoms with Gasteiger partial charge in [0, 0.05) is 26.2 Å². The maximum absolute atomic E-state index is 12.6. The lowest BCUT2D eigenvalue weighted by Gasteiger charge is -2.24. The predicted octanol–water partition coefficient (Wildman–Crippen LogP) is 2.80. The third-order valence-electron chi connectivity index (χ3n) is 4.83. The Bertz CT molecular complexity index is 561. The number of hydrogen-bond acceptors (Lipinski definition) is 4. The van der Waals surface area contributed by atoms with Crippen LogP contribution in [0.4, 0.5) is 10.5 Å². The molecule has 2 saturated heterocycles. The van der Waals surface area contributed by atoms with Crippen LogP contribution in [0.3, 0.4) is 0 Å². The molecule has 0 unspecified atom stereocenters. The Morgan fingerprint density at radius 3 is 2.92 bits per heavy atom. The predicted molar refractivity (Wildman–Crippen MR) is 98.2 cm³/mol. The zero-order valence-electron chi connectivity index (χ0n) is 15.1. The first kappa shape index (κ1) is 18.0. The maximum atomic E-state index is 12.6. The average molecular weight is 347 g/mol. The molecular formula is C19H29N3O3. The van der Waals surface area contributed by atoms with E-state index in [1.807, 2.05) is 29.2 Å². The van der Waals surface area contributed by atoms with E-state index >= 15 is 0 Å². The zero-order valence-corrected chi connectivity index (χ0v) is 15.1. The van der Waals surface area contributed by atoms with Crippen molar-refractivity contribution in [3.63, 3.8) is 0 Å². The van der Waals surface area contributed by atoms with E-state index in [0.717, 1.165) is 57.7 Å². The minimum Gasteiger partial charge on any atom is -0.489 e. The van der Waals surface area contributed by atoms with Crippen molar-refractivity contribution in [2.45, 2.75) is 31.8 Å². The smallest absolute Gasteiger partial charge is 0.321 e. The van der Waals surface area contributed by atoms with Crippen LogP contribution < -0.4 is 10.1 Å². The normalized spacial score (nSPS) is 22.3. The van der Waals surface area contributed by atoms with Crippen molar-refractivity contribution < 1.29 is 14.3 Å². The van der Waals surface area contributed by atoms with Crippen molar-refractivity contribution in [1.29, 1.82) is 0 Å². The number of benzene rings is 1. The van der Waals surface area contributed by atoms with E-state index in [9.17, 15) is 4.79 Å². The van der Waals surface area contributed by atoms with Crippen LogP contribution in [0, 0.1) is 0 Å². The molecule has 2 amide bonds. The van der Waals surface area contributed by atoms with E-state index in [2.05, 4.69) is 17.3 Å². The number of rotatable bonds is 4. The van der Waals surface area contributed by atoms with Gasteiger partial charge in [0.05, 0.1) is 11.8 Å². The second kappa shape index (κ2) is 9.06. The topological polar surface area (TPSA) is 54.0 Å². The maximum Gasteiger partial charge on any atom is 0.321 e. The molecule has 1 atom stereocenters. The highest BCUT2D eigenvalue weighted by molar-refractivity contribution is 5.91. The minimum atomic E-state index is -0.0553. The van der Waals surface area contributed by atoms with Crippen molar-refractivity contribution in [2.24, 2.45) is 0 Å². The monoisotopic (exact) mass is 347 g/mol. The van der Waals surface area contributed by atoms with Crippen molar-refractivity contribution in [1.82, 2.24) is 9.80 Å². The fraction of sp³-hybridized carbons (Fsp3) is 0.632. The molecule has 2 aliphatic heterocycles. The van der Waals surface area contributed by atoms with Gasteiger partial charge in [-0.2, -0.15) is 0 Å². The van der Waals surface area contributed by atoms with Gasteiger partial charge in [-0.25, -0.2) is 4.79 Å². The van der Waals surface area contributed by atoms with Crippen LogP contribution >= 0.6 is 0 Å². The number of amides is 2. The van der Waals surface area contributed by atoms with E-state index in [1.54, 1.807) is 0 Å². The lowest BCUT2D eigenvalue weighted by Crippen LogP contribution is -2.37. The van der Waals surface area contributed by atoms with Gasteiger partial charge < -0.3 is 24.6 Å². The number of urea groups is 1. The molecule has 0 aromatic heterocycles. The third kappa shape index (κ3) is 5.34. The van der Waals surface area contributed by atoms with E-state index in [1.165, 1.54) is 6.42 Å². The molecule has 3 rings (SSSR count). The highest BCUT2D eigenvalue weighted by Crippen LogP contribution is 2.25. The number of ether oxygens (including phenoxy) is 2. The molecule has 0 radical (unpaired) electrons. The Morgan fingerprint density at radius 2 is 2.08 bits per heavy atom. The van der Waals surface area contributed by atoms with Gasteiger partial charge in [-0.05, 0) is 51.4 Å². The Kier molecular flexibility index (Phi) is 6.53. The van der Waals surface area contributed by atoms with Gasteiger partial charge in [-0.1, -0.05) is 12.1 Å². The molecule has 1 N–H and O–H groups in total. The number of anilines is 1. The summed E-state index contributed by atoms with van der Waals surface area (Å²) in [7, 11) is 2.10. The van der Waals surface area contributed by atoms with Gasteiger partial charge >= 0.3 is 6.03 Å². The van der Waals surface area contributed by atoms with Crippen LogP contribution in [0.1, 0.15) is 25.7 Å². The number of hydrogen-bond donors (Lipinski definition) is 1. The fourth-order valence-electron chi connectivity index (χ4n) is 3.26. The van der Waals surface area contributed by atoms with Gasteiger partial charge in [0.15, 0.2) is 0 Å². The summed E-state index contributed by atoms with van der Waals surface area (Å²) in [6.07, 6.45) is 4.51. The van der Waals surface area contributed by atoms with Crippen molar-refractivity contribution >= 4 is 11.7 Å². The number of carbonyl (C=O) groups is 1. The molecule has 6 heteroatoms. The van der Waals surface area contributed by atoms with Crippen LogP contribution in [-0.4, -0.2) is 68.4 Å². The van der Waals surface area contributed by atoms with Crippen LogP contribution in [0.5, 0.6) is 5.75 Å². The second-order valence-electron chi connectivity index (χ2n) is 6.87. The summed E-state index contributed by atoms with van der Waals surface area (Å²) < 4.78 is 11.7. The number of nitrogens with one attached hydrogen (secondary N) is 1. The number of carbonyl (C=O) groups excluding carboxylic acids is 1. The largest absolute Gasteiger partial charge is 0.489 e. The highest BCUT2D eigenvalue weighted by Gasteiger charge is 2.19. The van der Waals surface area contributed by atoms with Gasteiger partial charge in [0.1, 0.15) is 12.4 Å². The van der Waals surface area contributed by atoms with Crippen LogP contribution in [0.2, 0.25) is 0 Å². The Hall–Kier alpha value is -1.79. The quantitative estimate of drug-likeness (QED) is 0.910. The van der Waals surface area contributed by atoms with Crippen molar-refractivity contribution in [3.05, 3.63) is 24.3 Å². The fourth-order valence-corrected chi connectivity index (χ4v) is 3.26. The van der Waals surface area contributed by atoms with Crippen LogP contribution in [-0.2, 0) is 4.74 Å². The van der Waals surface area contributed by atoms with E-state index < -0.39 is 0 Å². The molecule has 1 aromatic carbocycles. The SMILES string of the molecule is CN1CCCN(C(=O)Nc2ccccc2OC[C@@H]2CCCCO2)CC1. The standard InChI is InChI=1S/C19H29N3O3/c1-21-10-6-11-22(13-12-21)19(23)20-17-8-2-3-9-18(17)25-15-16-7-4-5-14-24-16/h2-3,8-9,16H,4-7,10-15H2,1H3,(H,20,23)/t16-/m0/s1. The Labute approximate surface area is 150 Å². The first-order valence-corrected chi connectivity index (χ1v) is 9.30. The lowest BCUT2D eigenvalue weighted by molar-refractivity contribution is -0.0109. The summed E-state index contributed by atoms with van der Waals surface area (Å²) >= 11 is 0. The van der Waals surface area contributed by atoms with Crippen LogP contribution in [0.15, 0.2) is 24.3 Å². The number of likely N-dealkylation sites (N-methyl/N-ethyl adjacent to an activating group) is 1. The molecule has 6 nitrogen and oxygen atoms in total. The Balaban J connectivity index is 1.57. The summed E-state index contributed by atoms with van der Waals surface area (Å²) in [6.45, 7) is 4.82. The first-order chi connectivity index (χ1) is 12.2. The zero-order chi connectivity index (χ0) is 17.5. The summed E-state index contributed by atoms with van der Waals surface area (Å²) in [4.78, 5) is 16.7. The van der Waals surface area contributed by atoms with Gasteiger partial charge in [-0.15, -0.1) is 0 Å². The first-order valence-electron chi connectivity index (χ1n) is 9.30. The number of nitrogens with zero attached hydrogens (tertiary/aromatic N) is 2. The molecule has 138 valence electrons. The Morgan fingerprint density at radius 1 is 1.20 bits per heavy atom.